The first-order valence-electron chi connectivity index (χ1n) is 6.54. The number of primary sulfonamides is 1. The van der Waals surface area contributed by atoms with Gasteiger partial charge in [-0.05, 0) is 36.8 Å². The summed E-state index contributed by atoms with van der Waals surface area (Å²) < 4.78 is 27.7. The number of carbonyl (C=O) groups excluding carboxylic acids is 1. The number of hydrogen-bond donors (Lipinski definition) is 2. The van der Waals surface area contributed by atoms with Gasteiger partial charge in [0.15, 0.2) is 0 Å². The molecule has 2 rings (SSSR count). The molecule has 9 heteroatoms. The van der Waals surface area contributed by atoms with Crippen LogP contribution < -0.4 is 15.2 Å². The summed E-state index contributed by atoms with van der Waals surface area (Å²) >= 11 is 6.98. The normalized spacial score (nSPS) is 11.3. The summed E-state index contributed by atoms with van der Waals surface area (Å²) in [5.74, 6) is 0.118. The van der Waals surface area contributed by atoms with Gasteiger partial charge in [-0.2, -0.15) is 0 Å². The van der Waals surface area contributed by atoms with Crippen molar-refractivity contribution in [1.82, 2.24) is 5.32 Å². The standard InChI is InChI=1S/C14H15ClN2O4S2/c1-21-12-4-2-9(15)8-11(12)14(18)17-7-6-10-3-5-13(22-10)23(16,19)20/h2-5,8H,6-7H2,1H3,(H,17,18)(H2,16,19,20). The van der Waals surface area contributed by atoms with Crippen LogP contribution in [0.2, 0.25) is 5.02 Å². The highest BCUT2D eigenvalue weighted by Gasteiger charge is 2.14. The molecule has 6 nitrogen and oxygen atoms in total. The minimum atomic E-state index is -3.68. The summed E-state index contributed by atoms with van der Waals surface area (Å²) in [6.45, 7) is 0.346. The molecule has 0 aliphatic rings. The number of ether oxygens (including phenoxy) is 1. The van der Waals surface area contributed by atoms with Gasteiger partial charge in [-0.3, -0.25) is 4.79 Å². The van der Waals surface area contributed by atoms with Gasteiger partial charge >= 0.3 is 0 Å². The van der Waals surface area contributed by atoms with E-state index < -0.39 is 10.0 Å². The summed E-state index contributed by atoms with van der Waals surface area (Å²) in [6.07, 6.45) is 0.495. The van der Waals surface area contributed by atoms with Crippen LogP contribution in [0.1, 0.15) is 15.2 Å². The molecule has 0 saturated carbocycles. The monoisotopic (exact) mass is 374 g/mol. The van der Waals surface area contributed by atoms with Gasteiger partial charge in [0.1, 0.15) is 9.96 Å². The highest BCUT2D eigenvalue weighted by atomic mass is 35.5. The molecule has 0 aliphatic carbocycles. The van der Waals surface area contributed by atoms with Crippen LogP contribution in [0.4, 0.5) is 0 Å². The van der Waals surface area contributed by atoms with Crippen molar-refractivity contribution in [3.8, 4) is 5.75 Å². The maximum absolute atomic E-state index is 12.2. The SMILES string of the molecule is COc1ccc(Cl)cc1C(=O)NCCc1ccc(S(N)(=O)=O)s1. The number of thiophene rings is 1. The quantitative estimate of drug-likeness (QED) is 0.808. The van der Waals surface area contributed by atoms with Crippen LogP contribution >= 0.6 is 22.9 Å². The Bertz CT molecular complexity index is 818. The maximum atomic E-state index is 12.2. The Morgan fingerprint density at radius 3 is 2.70 bits per heavy atom. The van der Waals surface area contributed by atoms with Crippen molar-refractivity contribution >= 4 is 38.9 Å². The fourth-order valence-corrected chi connectivity index (χ4v) is 3.85. The summed E-state index contributed by atoms with van der Waals surface area (Å²) in [6, 6.07) is 7.92. The van der Waals surface area contributed by atoms with E-state index in [0.29, 0.717) is 29.3 Å². The first-order valence-corrected chi connectivity index (χ1v) is 9.28. The summed E-state index contributed by atoms with van der Waals surface area (Å²) in [7, 11) is -2.21. The Kier molecular flexibility index (Phi) is 5.64. The third kappa shape index (κ3) is 4.68. The van der Waals surface area contributed by atoms with Crippen molar-refractivity contribution in [3.63, 3.8) is 0 Å². The first kappa shape index (κ1) is 17.7. The number of carbonyl (C=O) groups is 1. The van der Waals surface area contributed by atoms with Crippen LogP contribution in [-0.4, -0.2) is 28.0 Å². The van der Waals surface area contributed by atoms with E-state index in [2.05, 4.69) is 5.32 Å². The van der Waals surface area contributed by atoms with Crippen LogP contribution in [0.25, 0.3) is 0 Å². The molecule has 0 unspecified atom stereocenters. The number of methoxy groups -OCH3 is 1. The summed E-state index contributed by atoms with van der Waals surface area (Å²) in [5, 5.41) is 8.24. The molecular weight excluding hydrogens is 360 g/mol. The molecule has 1 aromatic carbocycles. The lowest BCUT2D eigenvalue weighted by molar-refractivity contribution is 0.0951. The second kappa shape index (κ2) is 7.31. The number of hydrogen-bond acceptors (Lipinski definition) is 5. The number of benzene rings is 1. The predicted molar refractivity (Wildman–Crippen MR) is 89.7 cm³/mol. The molecule has 124 valence electrons. The maximum Gasteiger partial charge on any atom is 0.255 e. The Morgan fingerprint density at radius 2 is 2.09 bits per heavy atom. The van der Waals surface area contributed by atoms with Gasteiger partial charge in [0.05, 0.1) is 12.7 Å². The van der Waals surface area contributed by atoms with E-state index in [-0.39, 0.29) is 10.1 Å². The molecule has 0 saturated heterocycles. The third-order valence-corrected chi connectivity index (χ3v) is 5.80. The molecule has 0 bridgehead atoms. The van der Waals surface area contributed by atoms with Crippen LogP contribution in [0.3, 0.4) is 0 Å². The minimum Gasteiger partial charge on any atom is -0.496 e. The lowest BCUT2D eigenvalue weighted by Crippen LogP contribution is -2.26. The van der Waals surface area contributed by atoms with Crippen molar-refractivity contribution in [1.29, 1.82) is 0 Å². The highest BCUT2D eigenvalue weighted by molar-refractivity contribution is 7.91. The van der Waals surface area contributed by atoms with Crippen LogP contribution in [-0.2, 0) is 16.4 Å². The molecule has 0 atom stereocenters. The molecular formula is C14H15ClN2O4S2. The average Bonchev–Trinajstić information content (AvgIpc) is 2.96. The van der Waals surface area contributed by atoms with Crippen molar-refractivity contribution in [2.24, 2.45) is 5.14 Å². The molecule has 0 spiro atoms. The Labute approximate surface area is 143 Å². The van der Waals surface area contributed by atoms with E-state index in [1.165, 1.54) is 19.2 Å². The van der Waals surface area contributed by atoms with E-state index in [4.69, 9.17) is 21.5 Å². The molecule has 2 aromatic rings. The largest absolute Gasteiger partial charge is 0.496 e. The van der Waals surface area contributed by atoms with Crippen LogP contribution in [0.5, 0.6) is 5.75 Å². The fourth-order valence-electron chi connectivity index (χ4n) is 1.90. The van der Waals surface area contributed by atoms with Gasteiger partial charge in [0.2, 0.25) is 10.0 Å². The van der Waals surface area contributed by atoms with E-state index >= 15 is 0 Å². The minimum absolute atomic E-state index is 0.107. The number of halogens is 1. The molecule has 1 aromatic heterocycles. The van der Waals surface area contributed by atoms with Crippen molar-refractivity contribution in [3.05, 3.63) is 45.8 Å². The zero-order chi connectivity index (χ0) is 17.0. The number of rotatable bonds is 6. The molecule has 1 amide bonds. The second-order valence-electron chi connectivity index (χ2n) is 4.62. The van der Waals surface area contributed by atoms with Gasteiger partial charge in [-0.25, -0.2) is 13.6 Å². The number of nitrogens with two attached hydrogens (primary N) is 1. The van der Waals surface area contributed by atoms with Crippen molar-refractivity contribution in [2.75, 3.05) is 13.7 Å². The zero-order valence-electron chi connectivity index (χ0n) is 12.2. The topological polar surface area (TPSA) is 98.5 Å². The second-order valence-corrected chi connectivity index (χ2v) is 8.01. The van der Waals surface area contributed by atoms with Gasteiger partial charge in [-0.15, -0.1) is 11.3 Å². The summed E-state index contributed by atoms with van der Waals surface area (Å²) in [5.41, 5.74) is 0.344. The Hall–Kier alpha value is -1.61. The van der Waals surface area contributed by atoms with Gasteiger partial charge < -0.3 is 10.1 Å². The average molecular weight is 375 g/mol. The first-order chi connectivity index (χ1) is 10.8. The molecule has 0 radical (unpaired) electrons. The van der Waals surface area contributed by atoms with Gasteiger partial charge in [-0.1, -0.05) is 11.6 Å². The number of amides is 1. The van der Waals surface area contributed by atoms with Gasteiger partial charge in [0, 0.05) is 16.4 Å². The molecule has 23 heavy (non-hydrogen) atoms. The zero-order valence-corrected chi connectivity index (χ0v) is 14.6. The third-order valence-electron chi connectivity index (χ3n) is 2.98. The number of sulfonamides is 1. The van der Waals surface area contributed by atoms with Crippen LogP contribution in [0, 0.1) is 0 Å². The van der Waals surface area contributed by atoms with Gasteiger partial charge in [0.25, 0.3) is 5.91 Å². The molecule has 0 aliphatic heterocycles. The predicted octanol–water partition coefficient (Wildman–Crippen LogP) is 2.03. The fraction of sp³-hybridized carbons (Fsp3) is 0.214. The van der Waals surface area contributed by atoms with E-state index in [9.17, 15) is 13.2 Å². The van der Waals surface area contributed by atoms with E-state index in [1.54, 1.807) is 18.2 Å². The Balaban J connectivity index is 1.98. The number of nitrogens with one attached hydrogen (secondary N) is 1. The highest BCUT2D eigenvalue weighted by Crippen LogP contribution is 2.23. The smallest absolute Gasteiger partial charge is 0.255 e. The lowest BCUT2D eigenvalue weighted by Gasteiger charge is -2.09. The molecule has 0 fully saturated rings. The molecule has 1 heterocycles. The van der Waals surface area contributed by atoms with Crippen LogP contribution in [0.15, 0.2) is 34.5 Å². The Morgan fingerprint density at radius 1 is 1.35 bits per heavy atom. The summed E-state index contributed by atoms with van der Waals surface area (Å²) in [4.78, 5) is 13.0. The lowest BCUT2D eigenvalue weighted by atomic mass is 10.2. The van der Waals surface area contributed by atoms with Crippen molar-refractivity contribution in [2.45, 2.75) is 10.6 Å². The van der Waals surface area contributed by atoms with Crippen molar-refractivity contribution < 1.29 is 17.9 Å². The molecule has 3 N–H and O–H groups in total. The van der Waals surface area contributed by atoms with E-state index in [0.717, 1.165) is 16.2 Å². The van der Waals surface area contributed by atoms with E-state index in [1.807, 2.05) is 0 Å².